The van der Waals surface area contributed by atoms with Crippen LogP contribution in [-0.2, 0) is 6.54 Å². The van der Waals surface area contributed by atoms with Crippen molar-refractivity contribution in [1.29, 1.82) is 5.26 Å². The fourth-order valence-electron chi connectivity index (χ4n) is 3.29. The number of hydrogen-bond donors (Lipinski definition) is 0. The van der Waals surface area contributed by atoms with Gasteiger partial charge in [-0.15, -0.1) is 0 Å². The first kappa shape index (κ1) is 17.7. The van der Waals surface area contributed by atoms with Crippen LogP contribution in [0.15, 0.2) is 6.20 Å². The maximum absolute atomic E-state index is 9.34. The molecule has 1 atom stereocenters. The summed E-state index contributed by atoms with van der Waals surface area (Å²) >= 11 is 0. The predicted octanol–water partition coefficient (Wildman–Crippen LogP) is 2.37. The van der Waals surface area contributed by atoms with Gasteiger partial charge in [0.2, 0.25) is 0 Å². The number of nitrogens with zero attached hydrogens (tertiary/aromatic N) is 4. The van der Waals surface area contributed by atoms with Crippen molar-refractivity contribution < 1.29 is 4.74 Å². The van der Waals surface area contributed by atoms with Crippen LogP contribution >= 0.6 is 0 Å². The molecule has 1 fully saturated rings. The van der Waals surface area contributed by atoms with Crippen LogP contribution in [0.25, 0.3) is 0 Å². The van der Waals surface area contributed by atoms with Crippen molar-refractivity contribution in [3.05, 3.63) is 23.0 Å². The second-order valence-electron chi connectivity index (χ2n) is 6.68. The van der Waals surface area contributed by atoms with Crippen LogP contribution in [0.2, 0.25) is 0 Å². The summed E-state index contributed by atoms with van der Waals surface area (Å²) < 4.78 is 5.49. The molecule has 0 N–H and O–H groups in total. The highest BCUT2D eigenvalue weighted by Gasteiger charge is 2.26. The standard InChI is InChI=1S/C18H28N4O/c1-13(2)17(10-19)22-8-6-21(7-9-22)12-16-15(4)18(23-5)14(3)11-20-16/h11,13,17H,6-9,12H2,1-5H3. The van der Waals surface area contributed by atoms with Gasteiger partial charge in [-0.3, -0.25) is 14.8 Å². The van der Waals surface area contributed by atoms with E-state index in [4.69, 9.17) is 4.74 Å². The maximum Gasteiger partial charge on any atom is 0.128 e. The molecular weight excluding hydrogens is 288 g/mol. The number of hydrogen-bond acceptors (Lipinski definition) is 5. The van der Waals surface area contributed by atoms with Crippen molar-refractivity contribution in [2.45, 2.75) is 40.3 Å². The van der Waals surface area contributed by atoms with Gasteiger partial charge in [0.1, 0.15) is 11.8 Å². The molecular formula is C18H28N4O. The Morgan fingerprint density at radius 1 is 1.26 bits per heavy atom. The Hall–Kier alpha value is -1.64. The molecule has 2 heterocycles. The van der Waals surface area contributed by atoms with E-state index in [1.54, 1.807) is 7.11 Å². The molecule has 0 amide bonds. The van der Waals surface area contributed by atoms with Gasteiger partial charge < -0.3 is 4.74 Å². The molecule has 2 rings (SSSR count). The zero-order valence-electron chi connectivity index (χ0n) is 15.0. The van der Waals surface area contributed by atoms with E-state index in [0.717, 1.165) is 55.3 Å². The molecule has 1 unspecified atom stereocenters. The highest BCUT2D eigenvalue weighted by atomic mass is 16.5. The number of nitriles is 1. The van der Waals surface area contributed by atoms with Crippen LogP contribution in [-0.4, -0.2) is 54.1 Å². The van der Waals surface area contributed by atoms with E-state index in [0.29, 0.717) is 5.92 Å². The number of aryl methyl sites for hydroxylation is 1. The Labute approximate surface area is 139 Å². The second kappa shape index (κ2) is 7.76. The third-order valence-corrected chi connectivity index (χ3v) is 4.69. The number of methoxy groups -OCH3 is 1. The van der Waals surface area contributed by atoms with Gasteiger partial charge in [0.15, 0.2) is 0 Å². The van der Waals surface area contributed by atoms with E-state index in [1.807, 2.05) is 13.1 Å². The molecule has 126 valence electrons. The molecule has 0 saturated carbocycles. The Morgan fingerprint density at radius 2 is 1.91 bits per heavy atom. The number of rotatable bonds is 5. The highest BCUT2D eigenvalue weighted by molar-refractivity contribution is 5.41. The van der Waals surface area contributed by atoms with Gasteiger partial charge in [0.25, 0.3) is 0 Å². The zero-order chi connectivity index (χ0) is 17.0. The summed E-state index contributed by atoms with van der Waals surface area (Å²) in [7, 11) is 1.71. The van der Waals surface area contributed by atoms with E-state index in [1.165, 1.54) is 0 Å². The molecule has 0 radical (unpaired) electrons. The Bertz CT molecular complexity index is 571. The lowest BCUT2D eigenvalue weighted by molar-refractivity contribution is 0.0932. The van der Waals surface area contributed by atoms with Crippen molar-refractivity contribution in [2.75, 3.05) is 33.3 Å². The van der Waals surface area contributed by atoms with E-state index in [9.17, 15) is 5.26 Å². The Morgan fingerprint density at radius 3 is 2.43 bits per heavy atom. The minimum atomic E-state index is 0.0245. The van der Waals surface area contributed by atoms with Crippen LogP contribution in [0.5, 0.6) is 5.75 Å². The molecule has 1 saturated heterocycles. The maximum atomic E-state index is 9.34. The number of aromatic nitrogens is 1. The summed E-state index contributed by atoms with van der Waals surface area (Å²) in [5.74, 6) is 1.31. The molecule has 23 heavy (non-hydrogen) atoms. The van der Waals surface area contributed by atoms with E-state index in [2.05, 4.69) is 41.6 Å². The van der Waals surface area contributed by atoms with Crippen LogP contribution in [0.3, 0.4) is 0 Å². The molecule has 1 aliphatic rings. The third-order valence-electron chi connectivity index (χ3n) is 4.69. The van der Waals surface area contributed by atoms with Gasteiger partial charge in [-0.1, -0.05) is 13.8 Å². The minimum Gasteiger partial charge on any atom is -0.496 e. The topological polar surface area (TPSA) is 52.4 Å². The fraction of sp³-hybridized carbons (Fsp3) is 0.667. The van der Waals surface area contributed by atoms with Gasteiger partial charge in [0.05, 0.1) is 18.9 Å². The molecule has 1 aromatic rings. The van der Waals surface area contributed by atoms with Gasteiger partial charge in [0, 0.05) is 50.0 Å². The predicted molar refractivity (Wildman–Crippen MR) is 91.4 cm³/mol. The van der Waals surface area contributed by atoms with E-state index < -0.39 is 0 Å². The zero-order valence-corrected chi connectivity index (χ0v) is 15.0. The summed E-state index contributed by atoms with van der Waals surface area (Å²) in [5, 5.41) is 9.34. The number of piperazine rings is 1. The summed E-state index contributed by atoms with van der Waals surface area (Å²) in [4.78, 5) is 9.31. The average molecular weight is 316 g/mol. The molecule has 0 aliphatic carbocycles. The summed E-state index contributed by atoms with van der Waals surface area (Å²) in [6, 6.07) is 2.47. The lowest BCUT2D eigenvalue weighted by Gasteiger charge is -2.38. The molecule has 0 aromatic carbocycles. The average Bonchev–Trinajstić information content (AvgIpc) is 2.52. The van der Waals surface area contributed by atoms with Crippen molar-refractivity contribution >= 4 is 0 Å². The molecule has 1 aliphatic heterocycles. The first-order valence-electron chi connectivity index (χ1n) is 8.33. The van der Waals surface area contributed by atoms with Gasteiger partial charge in [-0.25, -0.2) is 0 Å². The smallest absolute Gasteiger partial charge is 0.128 e. The van der Waals surface area contributed by atoms with E-state index >= 15 is 0 Å². The lowest BCUT2D eigenvalue weighted by atomic mass is 10.0. The molecule has 0 spiro atoms. The summed E-state index contributed by atoms with van der Waals surface area (Å²) in [6.07, 6.45) is 1.89. The fourth-order valence-corrected chi connectivity index (χ4v) is 3.29. The monoisotopic (exact) mass is 316 g/mol. The Balaban J connectivity index is 1.99. The Kier molecular flexibility index (Phi) is 5.97. The first-order chi connectivity index (χ1) is 11.0. The van der Waals surface area contributed by atoms with Crippen molar-refractivity contribution in [3.63, 3.8) is 0 Å². The van der Waals surface area contributed by atoms with Crippen LogP contribution in [0, 0.1) is 31.1 Å². The SMILES string of the molecule is COc1c(C)cnc(CN2CCN(C(C#N)C(C)C)CC2)c1C. The van der Waals surface area contributed by atoms with Crippen molar-refractivity contribution in [2.24, 2.45) is 5.92 Å². The minimum absolute atomic E-state index is 0.0245. The van der Waals surface area contributed by atoms with E-state index in [-0.39, 0.29) is 6.04 Å². The van der Waals surface area contributed by atoms with Crippen LogP contribution < -0.4 is 4.74 Å². The van der Waals surface area contributed by atoms with Gasteiger partial charge in [-0.05, 0) is 19.8 Å². The molecule has 5 nitrogen and oxygen atoms in total. The van der Waals surface area contributed by atoms with Gasteiger partial charge >= 0.3 is 0 Å². The quantitative estimate of drug-likeness (QED) is 0.835. The second-order valence-corrected chi connectivity index (χ2v) is 6.68. The summed E-state index contributed by atoms with van der Waals surface area (Å²) in [5.41, 5.74) is 3.29. The highest BCUT2D eigenvalue weighted by Crippen LogP contribution is 2.25. The van der Waals surface area contributed by atoms with Crippen LogP contribution in [0.1, 0.15) is 30.7 Å². The number of pyridine rings is 1. The van der Waals surface area contributed by atoms with Crippen molar-refractivity contribution in [1.82, 2.24) is 14.8 Å². The van der Waals surface area contributed by atoms with Gasteiger partial charge in [-0.2, -0.15) is 5.26 Å². The normalized spacial score (nSPS) is 18.0. The first-order valence-corrected chi connectivity index (χ1v) is 8.33. The molecule has 5 heteroatoms. The summed E-state index contributed by atoms with van der Waals surface area (Å²) in [6.45, 7) is 13.0. The number of ether oxygens (including phenoxy) is 1. The third kappa shape index (κ3) is 4.01. The molecule has 1 aromatic heterocycles. The lowest BCUT2D eigenvalue weighted by Crippen LogP contribution is -2.51. The molecule has 0 bridgehead atoms. The van der Waals surface area contributed by atoms with Crippen LogP contribution in [0.4, 0.5) is 0 Å². The largest absolute Gasteiger partial charge is 0.496 e. The van der Waals surface area contributed by atoms with Crippen molar-refractivity contribution in [3.8, 4) is 11.8 Å².